The summed E-state index contributed by atoms with van der Waals surface area (Å²) < 4.78 is 76.2. The number of rotatable bonds is 2. The number of amidine groups is 1. The van der Waals surface area contributed by atoms with E-state index in [1.165, 1.54) is 0 Å². The minimum Gasteiger partial charge on any atom is -0.298 e. The summed E-state index contributed by atoms with van der Waals surface area (Å²) in [5, 5.41) is 0.925. The van der Waals surface area contributed by atoms with Crippen LogP contribution in [0.3, 0.4) is 0 Å². The van der Waals surface area contributed by atoms with Gasteiger partial charge in [-0.3, -0.25) is 10.2 Å². The van der Waals surface area contributed by atoms with Crippen LogP contribution in [0.15, 0.2) is 4.99 Å². The third-order valence-corrected chi connectivity index (χ3v) is 2.52. The molecule has 1 aliphatic heterocycles. The number of amides is 2. The van der Waals surface area contributed by atoms with Crippen LogP contribution in [0, 0.1) is 0 Å². The molecule has 0 aliphatic carbocycles. The lowest BCUT2D eigenvalue weighted by atomic mass is 10.1. The highest BCUT2D eigenvalue weighted by Gasteiger charge is 2.74. The van der Waals surface area contributed by atoms with E-state index in [0.29, 0.717) is 6.42 Å². The van der Waals surface area contributed by atoms with Gasteiger partial charge in [-0.1, -0.05) is 6.92 Å². The van der Waals surface area contributed by atoms with Gasteiger partial charge in [0.1, 0.15) is 5.84 Å². The summed E-state index contributed by atoms with van der Waals surface area (Å²) >= 11 is 0. The van der Waals surface area contributed by atoms with Crippen LogP contribution in [0.5, 0.6) is 0 Å². The van der Waals surface area contributed by atoms with Crippen LogP contribution in [-0.2, 0) is 0 Å². The van der Waals surface area contributed by atoms with E-state index in [1.54, 1.807) is 6.92 Å². The van der Waals surface area contributed by atoms with Crippen LogP contribution in [-0.4, -0.2) is 41.3 Å². The molecule has 1 heterocycles. The van der Waals surface area contributed by atoms with Gasteiger partial charge >= 0.3 is 24.0 Å². The highest BCUT2D eigenvalue weighted by Crippen LogP contribution is 2.45. The molecule has 0 aromatic rings. The second kappa shape index (κ2) is 4.57. The largest absolute Gasteiger partial charge is 0.441 e. The molecular formula is C9H11F6N3O. The molecule has 0 unspecified atom stereocenters. The van der Waals surface area contributed by atoms with Crippen molar-refractivity contribution in [2.24, 2.45) is 4.99 Å². The Kier molecular flexibility index (Phi) is 3.74. The summed E-state index contributed by atoms with van der Waals surface area (Å²) in [5.41, 5.74) is -4.58. The fraction of sp³-hybridized carbons (Fsp3) is 0.778. The molecule has 0 atom stereocenters. The van der Waals surface area contributed by atoms with Crippen LogP contribution in [0.4, 0.5) is 31.1 Å². The van der Waals surface area contributed by atoms with E-state index in [4.69, 9.17) is 0 Å². The second-order valence-corrected chi connectivity index (χ2v) is 3.95. The third kappa shape index (κ3) is 2.47. The first-order valence-corrected chi connectivity index (χ1v) is 5.26. The maximum absolute atomic E-state index is 12.7. The maximum Gasteiger partial charge on any atom is 0.441 e. The fourth-order valence-corrected chi connectivity index (χ4v) is 1.62. The summed E-state index contributed by atoms with van der Waals surface area (Å²) in [7, 11) is 0. The molecule has 0 spiro atoms. The molecule has 1 rings (SSSR count). The van der Waals surface area contributed by atoms with Crippen molar-refractivity contribution in [3.05, 3.63) is 0 Å². The predicted octanol–water partition coefficient (Wildman–Crippen LogP) is 2.66. The fourth-order valence-electron chi connectivity index (χ4n) is 1.62. The lowest BCUT2D eigenvalue weighted by Crippen LogP contribution is -2.71. The number of hydrogen-bond donors (Lipinski definition) is 1. The molecular weight excluding hydrogens is 280 g/mol. The first-order valence-electron chi connectivity index (χ1n) is 5.26. The molecule has 110 valence electrons. The molecule has 0 bridgehead atoms. The SMILES string of the molecule is CCCN1C(=O)NC(C(F)(F)F)(C(F)(F)F)N=C1C. The normalized spacial score (nSPS) is 20.1. The quantitative estimate of drug-likeness (QED) is 0.781. The highest BCUT2D eigenvalue weighted by molar-refractivity contribution is 5.98. The number of halogens is 6. The van der Waals surface area contributed by atoms with E-state index in [1.807, 2.05) is 0 Å². The standard InChI is InChI=1S/C9H11F6N3O/c1-3-4-18-5(2)16-7(8(10,11)12,9(13,14)15)17-6(18)19/h3-4H2,1-2H3,(H,17,19). The molecule has 0 fully saturated rings. The van der Waals surface area contributed by atoms with Gasteiger partial charge in [-0.2, -0.15) is 26.3 Å². The topological polar surface area (TPSA) is 44.7 Å². The Morgan fingerprint density at radius 3 is 2.00 bits per heavy atom. The van der Waals surface area contributed by atoms with Crippen molar-refractivity contribution >= 4 is 11.9 Å². The second-order valence-electron chi connectivity index (χ2n) is 3.95. The van der Waals surface area contributed by atoms with Crippen molar-refractivity contribution in [1.82, 2.24) is 10.2 Å². The van der Waals surface area contributed by atoms with Crippen molar-refractivity contribution in [2.45, 2.75) is 38.3 Å². The Labute approximate surface area is 104 Å². The molecule has 0 aromatic carbocycles. The van der Waals surface area contributed by atoms with Crippen LogP contribution in [0.25, 0.3) is 0 Å². The number of carbonyl (C=O) groups excluding carboxylic acids is 1. The van der Waals surface area contributed by atoms with Gasteiger partial charge in [0, 0.05) is 6.54 Å². The zero-order valence-corrected chi connectivity index (χ0v) is 9.98. The van der Waals surface area contributed by atoms with E-state index in [-0.39, 0.29) is 6.54 Å². The van der Waals surface area contributed by atoms with Gasteiger partial charge in [0.15, 0.2) is 0 Å². The van der Waals surface area contributed by atoms with E-state index in [2.05, 4.69) is 4.99 Å². The molecule has 1 N–H and O–H groups in total. The molecule has 10 heteroatoms. The monoisotopic (exact) mass is 291 g/mol. The Hall–Kier alpha value is -1.48. The third-order valence-electron chi connectivity index (χ3n) is 2.52. The van der Waals surface area contributed by atoms with Gasteiger partial charge in [0.2, 0.25) is 0 Å². The van der Waals surface area contributed by atoms with E-state index in [9.17, 15) is 31.1 Å². The Morgan fingerprint density at radius 2 is 1.68 bits per heavy atom. The molecule has 4 nitrogen and oxygen atoms in total. The lowest BCUT2D eigenvalue weighted by molar-refractivity contribution is -0.302. The number of nitrogens with one attached hydrogen (secondary N) is 1. The summed E-state index contributed by atoms with van der Waals surface area (Å²) in [6, 6.07) is -1.47. The summed E-state index contributed by atoms with van der Waals surface area (Å²) in [6.07, 6.45) is -11.2. The van der Waals surface area contributed by atoms with Crippen LogP contribution >= 0.6 is 0 Å². The molecule has 0 aromatic heterocycles. The number of hydrogen-bond acceptors (Lipinski definition) is 2. The zero-order valence-electron chi connectivity index (χ0n) is 9.98. The highest BCUT2D eigenvalue weighted by atomic mass is 19.4. The van der Waals surface area contributed by atoms with Gasteiger partial charge in [-0.25, -0.2) is 9.79 Å². The van der Waals surface area contributed by atoms with Crippen molar-refractivity contribution in [3.63, 3.8) is 0 Å². The molecule has 0 saturated carbocycles. The number of urea groups is 1. The minimum absolute atomic E-state index is 0.0209. The van der Waals surface area contributed by atoms with Gasteiger partial charge < -0.3 is 0 Å². The van der Waals surface area contributed by atoms with Crippen molar-refractivity contribution in [2.75, 3.05) is 6.54 Å². The van der Waals surface area contributed by atoms with E-state index >= 15 is 0 Å². The van der Waals surface area contributed by atoms with E-state index < -0.39 is 29.9 Å². The average Bonchev–Trinajstić information content (AvgIpc) is 2.19. The summed E-state index contributed by atoms with van der Waals surface area (Å²) in [4.78, 5) is 14.8. The first-order chi connectivity index (χ1) is 8.46. The Morgan fingerprint density at radius 1 is 1.21 bits per heavy atom. The smallest absolute Gasteiger partial charge is 0.298 e. The van der Waals surface area contributed by atoms with Crippen LogP contribution in [0.2, 0.25) is 0 Å². The average molecular weight is 291 g/mol. The zero-order chi connectivity index (χ0) is 15.1. The molecule has 0 saturated heterocycles. The van der Waals surface area contributed by atoms with Gasteiger partial charge in [-0.15, -0.1) is 0 Å². The Balaban J connectivity index is 3.35. The van der Waals surface area contributed by atoms with Crippen LogP contribution in [0.1, 0.15) is 20.3 Å². The Bertz CT molecular complexity index is 386. The number of alkyl halides is 6. The van der Waals surface area contributed by atoms with Crippen molar-refractivity contribution in [3.8, 4) is 0 Å². The number of aliphatic imine (C=N–C) groups is 1. The van der Waals surface area contributed by atoms with Gasteiger partial charge in [0.05, 0.1) is 0 Å². The minimum atomic E-state index is -5.78. The van der Waals surface area contributed by atoms with E-state index in [0.717, 1.165) is 17.1 Å². The molecule has 2 amide bonds. The van der Waals surface area contributed by atoms with Crippen molar-refractivity contribution in [1.29, 1.82) is 0 Å². The van der Waals surface area contributed by atoms with Crippen molar-refractivity contribution < 1.29 is 31.1 Å². The first kappa shape index (κ1) is 15.6. The summed E-state index contributed by atoms with van der Waals surface area (Å²) in [5.74, 6) is -0.625. The maximum atomic E-state index is 12.7. The number of nitrogens with zero attached hydrogens (tertiary/aromatic N) is 2. The predicted molar refractivity (Wildman–Crippen MR) is 53.5 cm³/mol. The number of carbonyl (C=O) groups is 1. The molecule has 1 aliphatic rings. The summed E-state index contributed by atoms with van der Waals surface area (Å²) in [6.45, 7) is 2.53. The lowest BCUT2D eigenvalue weighted by Gasteiger charge is -2.40. The molecule has 19 heavy (non-hydrogen) atoms. The van der Waals surface area contributed by atoms with Crippen LogP contribution < -0.4 is 5.32 Å². The van der Waals surface area contributed by atoms with Gasteiger partial charge in [0.25, 0.3) is 0 Å². The van der Waals surface area contributed by atoms with Gasteiger partial charge in [-0.05, 0) is 13.3 Å². The molecule has 0 radical (unpaired) electrons.